The van der Waals surface area contributed by atoms with Crippen LogP contribution in [-0.4, -0.2) is 34.6 Å². The van der Waals surface area contributed by atoms with Crippen molar-refractivity contribution in [3.63, 3.8) is 0 Å². The average Bonchev–Trinajstić information content (AvgIpc) is 2.47. The van der Waals surface area contributed by atoms with Crippen LogP contribution < -0.4 is 5.32 Å². The number of carboxylic acid groups (broad SMARTS) is 1. The number of aliphatic carboxylic acids is 1. The maximum absolute atomic E-state index is 12.4. The zero-order valence-corrected chi connectivity index (χ0v) is 12.3. The fourth-order valence-corrected chi connectivity index (χ4v) is 2.75. The Hall–Kier alpha value is -2.04. The highest BCUT2D eigenvalue weighted by Gasteiger charge is 2.28. The van der Waals surface area contributed by atoms with Crippen LogP contribution >= 0.6 is 0 Å². The maximum Gasteiger partial charge on any atom is 0.322 e. The first kappa shape index (κ1) is 15.4. The van der Waals surface area contributed by atoms with Gasteiger partial charge < -0.3 is 15.3 Å². The lowest BCUT2D eigenvalue weighted by Crippen LogP contribution is -2.46. The number of benzene rings is 1. The second-order valence-corrected chi connectivity index (χ2v) is 5.42. The Bertz CT molecular complexity index is 516. The standard InChI is InChI=1S/C16H22N2O3/c1-2-12-6-5-7-13(10-12)17-16(21)18-9-4-3-8-14(18)11-15(19)20/h5-7,10,14H,2-4,8-9,11H2,1H3,(H,17,21)(H,19,20). The summed E-state index contributed by atoms with van der Waals surface area (Å²) in [5, 5.41) is 11.8. The molecule has 5 heteroatoms. The highest BCUT2D eigenvalue weighted by atomic mass is 16.4. The molecule has 0 aromatic heterocycles. The van der Waals surface area contributed by atoms with E-state index in [1.807, 2.05) is 24.3 Å². The van der Waals surface area contributed by atoms with E-state index in [-0.39, 0.29) is 18.5 Å². The van der Waals surface area contributed by atoms with Crippen molar-refractivity contribution in [3.05, 3.63) is 29.8 Å². The number of nitrogens with one attached hydrogen (secondary N) is 1. The highest BCUT2D eigenvalue weighted by molar-refractivity contribution is 5.90. The molecule has 0 radical (unpaired) electrons. The predicted octanol–water partition coefficient (Wildman–Crippen LogP) is 3.11. The number of piperidine rings is 1. The molecule has 1 heterocycles. The number of carboxylic acids is 1. The topological polar surface area (TPSA) is 69.6 Å². The monoisotopic (exact) mass is 290 g/mol. The fraction of sp³-hybridized carbons (Fsp3) is 0.500. The number of nitrogens with zero attached hydrogens (tertiary/aromatic N) is 1. The molecule has 2 amide bonds. The van der Waals surface area contributed by atoms with Crippen molar-refractivity contribution in [2.45, 2.75) is 45.1 Å². The number of urea groups is 1. The van der Waals surface area contributed by atoms with Gasteiger partial charge in [0.25, 0.3) is 0 Å². The van der Waals surface area contributed by atoms with Gasteiger partial charge in [-0.1, -0.05) is 19.1 Å². The van der Waals surface area contributed by atoms with Gasteiger partial charge in [-0.15, -0.1) is 0 Å². The van der Waals surface area contributed by atoms with Crippen LogP contribution in [0.5, 0.6) is 0 Å². The molecule has 1 atom stereocenters. The molecule has 1 fully saturated rings. The summed E-state index contributed by atoms with van der Waals surface area (Å²) in [5.74, 6) is -0.854. The Kier molecular flexibility index (Phi) is 5.20. The first-order valence-corrected chi connectivity index (χ1v) is 7.48. The fourth-order valence-electron chi connectivity index (χ4n) is 2.75. The highest BCUT2D eigenvalue weighted by Crippen LogP contribution is 2.21. The molecule has 1 aliphatic rings. The number of hydrogen-bond donors (Lipinski definition) is 2. The summed E-state index contributed by atoms with van der Waals surface area (Å²) in [4.78, 5) is 25.0. The molecular weight excluding hydrogens is 268 g/mol. The Morgan fingerprint density at radius 3 is 2.90 bits per heavy atom. The molecule has 0 saturated carbocycles. The summed E-state index contributed by atoms with van der Waals surface area (Å²) in [7, 11) is 0. The molecule has 21 heavy (non-hydrogen) atoms. The lowest BCUT2D eigenvalue weighted by atomic mass is 10.00. The van der Waals surface area contributed by atoms with Crippen LogP contribution in [-0.2, 0) is 11.2 Å². The number of carbonyl (C=O) groups excluding carboxylic acids is 1. The van der Waals surface area contributed by atoms with Crippen LogP contribution in [0.3, 0.4) is 0 Å². The van der Waals surface area contributed by atoms with Gasteiger partial charge in [0, 0.05) is 18.3 Å². The number of amides is 2. The number of rotatable bonds is 4. The molecule has 1 saturated heterocycles. The zero-order valence-electron chi connectivity index (χ0n) is 12.3. The van der Waals surface area contributed by atoms with Crippen molar-refractivity contribution in [1.29, 1.82) is 0 Å². The van der Waals surface area contributed by atoms with E-state index in [0.717, 1.165) is 36.9 Å². The van der Waals surface area contributed by atoms with Gasteiger partial charge in [0.05, 0.1) is 6.42 Å². The van der Waals surface area contributed by atoms with E-state index in [1.165, 1.54) is 0 Å². The number of anilines is 1. The predicted molar refractivity (Wildman–Crippen MR) is 81.4 cm³/mol. The minimum absolute atomic E-state index is 0.0163. The van der Waals surface area contributed by atoms with Crippen LogP contribution in [0.1, 0.15) is 38.2 Å². The van der Waals surface area contributed by atoms with E-state index in [4.69, 9.17) is 5.11 Å². The van der Waals surface area contributed by atoms with Crippen molar-refractivity contribution in [1.82, 2.24) is 4.90 Å². The number of aryl methyl sites for hydroxylation is 1. The molecule has 2 N–H and O–H groups in total. The van der Waals surface area contributed by atoms with Gasteiger partial charge in [0.1, 0.15) is 0 Å². The maximum atomic E-state index is 12.4. The van der Waals surface area contributed by atoms with Crippen molar-refractivity contribution >= 4 is 17.7 Å². The Morgan fingerprint density at radius 2 is 2.19 bits per heavy atom. The van der Waals surface area contributed by atoms with Crippen molar-refractivity contribution in [2.75, 3.05) is 11.9 Å². The third-order valence-corrected chi connectivity index (χ3v) is 3.88. The lowest BCUT2D eigenvalue weighted by Gasteiger charge is -2.34. The van der Waals surface area contributed by atoms with Crippen LogP contribution in [0.25, 0.3) is 0 Å². The van der Waals surface area contributed by atoms with Crippen LogP contribution in [0.2, 0.25) is 0 Å². The van der Waals surface area contributed by atoms with E-state index < -0.39 is 5.97 Å². The van der Waals surface area contributed by atoms with Gasteiger partial charge in [-0.05, 0) is 43.4 Å². The quantitative estimate of drug-likeness (QED) is 0.895. The smallest absolute Gasteiger partial charge is 0.322 e. The van der Waals surface area contributed by atoms with E-state index in [1.54, 1.807) is 4.90 Å². The van der Waals surface area contributed by atoms with E-state index >= 15 is 0 Å². The van der Waals surface area contributed by atoms with Crippen LogP contribution in [0.4, 0.5) is 10.5 Å². The van der Waals surface area contributed by atoms with E-state index in [2.05, 4.69) is 12.2 Å². The molecular formula is C16H22N2O3. The molecule has 2 rings (SSSR count). The third kappa shape index (κ3) is 4.21. The third-order valence-electron chi connectivity index (χ3n) is 3.88. The summed E-state index contributed by atoms with van der Waals surface area (Å²) >= 11 is 0. The first-order chi connectivity index (χ1) is 10.1. The summed E-state index contributed by atoms with van der Waals surface area (Å²) in [6.45, 7) is 2.69. The summed E-state index contributed by atoms with van der Waals surface area (Å²) in [6, 6.07) is 7.34. The van der Waals surface area contributed by atoms with Crippen molar-refractivity contribution in [2.24, 2.45) is 0 Å². The summed E-state index contributed by atoms with van der Waals surface area (Å²) in [6.07, 6.45) is 3.60. The molecule has 1 aliphatic heterocycles. The molecule has 5 nitrogen and oxygen atoms in total. The Morgan fingerprint density at radius 1 is 1.38 bits per heavy atom. The van der Waals surface area contributed by atoms with Gasteiger partial charge in [0.2, 0.25) is 0 Å². The van der Waals surface area contributed by atoms with Crippen LogP contribution in [0.15, 0.2) is 24.3 Å². The molecule has 1 aromatic carbocycles. The number of likely N-dealkylation sites (tertiary alicyclic amines) is 1. The molecule has 1 unspecified atom stereocenters. The van der Waals surface area contributed by atoms with Gasteiger partial charge in [-0.3, -0.25) is 4.79 Å². The minimum Gasteiger partial charge on any atom is -0.481 e. The molecule has 114 valence electrons. The number of carbonyl (C=O) groups is 2. The molecule has 0 bridgehead atoms. The average molecular weight is 290 g/mol. The first-order valence-electron chi connectivity index (χ1n) is 7.48. The van der Waals surface area contributed by atoms with Gasteiger partial charge in [-0.2, -0.15) is 0 Å². The SMILES string of the molecule is CCc1cccc(NC(=O)N2CCCCC2CC(=O)O)c1. The van der Waals surface area contributed by atoms with Gasteiger partial charge >= 0.3 is 12.0 Å². The largest absolute Gasteiger partial charge is 0.481 e. The summed E-state index contributed by atoms with van der Waals surface area (Å²) < 4.78 is 0. The van der Waals surface area contributed by atoms with Gasteiger partial charge in [0.15, 0.2) is 0 Å². The molecule has 1 aromatic rings. The van der Waals surface area contributed by atoms with Crippen molar-refractivity contribution < 1.29 is 14.7 Å². The van der Waals surface area contributed by atoms with Crippen molar-refractivity contribution in [3.8, 4) is 0 Å². The molecule has 0 spiro atoms. The minimum atomic E-state index is -0.854. The second-order valence-electron chi connectivity index (χ2n) is 5.42. The lowest BCUT2D eigenvalue weighted by molar-refractivity contribution is -0.138. The normalized spacial score (nSPS) is 18.3. The summed E-state index contributed by atoms with van der Waals surface area (Å²) in [5.41, 5.74) is 1.92. The zero-order chi connectivity index (χ0) is 15.2. The van der Waals surface area contributed by atoms with E-state index in [0.29, 0.717) is 6.54 Å². The van der Waals surface area contributed by atoms with Gasteiger partial charge in [-0.25, -0.2) is 4.79 Å². The Labute approximate surface area is 125 Å². The van der Waals surface area contributed by atoms with E-state index in [9.17, 15) is 9.59 Å². The Balaban J connectivity index is 2.04. The second kappa shape index (κ2) is 7.11. The molecule has 0 aliphatic carbocycles. The number of hydrogen-bond acceptors (Lipinski definition) is 2. The van der Waals surface area contributed by atoms with Crippen LogP contribution in [0, 0.1) is 0 Å².